The Morgan fingerprint density at radius 3 is 2.88 bits per heavy atom. The van der Waals surface area contributed by atoms with E-state index in [4.69, 9.17) is 4.74 Å². The normalized spacial score (nSPS) is 10.5. The smallest absolute Gasteiger partial charge is 0.225 e. The molecule has 2 heterocycles. The Hall–Kier alpha value is -2.18. The van der Waals surface area contributed by atoms with Gasteiger partial charge in [0.15, 0.2) is 0 Å². The van der Waals surface area contributed by atoms with Crippen molar-refractivity contribution in [3.05, 3.63) is 57.7 Å². The fourth-order valence-electron chi connectivity index (χ4n) is 2.46. The van der Waals surface area contributed by atoms with Crippen molar-refractivity contribution in [2.45, 2.75) is 12.8 Å². The highest BCUT2D eigenvalue weighted by atomic mass is 32.1. The van der Waals surface area contributed by atoms with E-state index in [1.165, 1.54) is 11.3 Å². The van der Waals surface area contributed by atoms with Crippen LogP contribution in [0.15, 0.2) is 47.3 Å². The molecule has 3 aromatic rings. The Labute approximate surface area is 149 Å². The van der Waals surface area contributed by atoms with Crippen LogP contribution in [0.3, 0.4) is 0 Å². The number of thiophene rings is 1. The molecule has 0 aliphatic rings. The van der Waals surface area contributed by atoms with Crippen LogP contribution >= 0.6 is 22.7 Å². The van der Waals surface area contributed by atoms with Crippen molar-refractivity contribution < 1.29 is 9.53 Å². The molecule has 0 saturated carbocycles. The zero-order chi connectivity index (χ0) is 16.8. The number of benzene rings is 1. The van der Waals surface area contributed by atoms with E-state index in [1.54, 1.807) is 24.0 Å². The first kappa shape index (κ1) is 16.7. The molecule has 0 radical (unpaired) electrons. The first-order chi connectivity index (χ1) is 11.8. The Morgan fingerprint density at radius 1 is 1.21 bits per heavy atom. The Kier molecular flexibility index (Phi) is 5.61. The zero-order valence-corrected chi connectivity index (χ0v) is 15.0. The van der Waals surface area contributed by atoms with E-state index in [0.717, 1.165) is 33.2 Å². The molecule has 124 valence electrons. The van der Waals surface area contributed by atoms with Crippen molar-refractivity contribution in [1.29, 1.82) is 0 Å². The fourth-order valence-corrected chi connectivity index (χ4v) is 4.05. The van der Waals surface area contributed by atoms with Crippen molar-refractivity contribution in [2.75, 3.05) is 13.7 Å². The third-order valence-electron chi connectivity index (χ3n) is 3.63. The highest BCUT2D eigenvalue weighted by Gasteiger charge is 2.13. The lowest BCUT2D eigenvalue weighted by atomic mass is 10.1. The van der Waals surface area contributed by atoms with Gasteiger partial charge in [0, 0.05) is 11.4 Å². The molecule has 0 atom stereocenters. The largest absolute Gasteiger partial charge is 0.496 e. The lowest BCUT2D eigenvalue weighted by Gasteiger charge is -2.09. The Bertz CT molecular complexity index is 797. The molecule has 2 aromatic heterocycles. The second kappa shape index (κ2) is 8.08. The number of nitrogens with one attached hydrogen (secondary N) is 1. The molecule has 1 amide bonds. The van der Waals surface area contributed by atoms with Crippen LogP contribution in [0.4, 0.5) is 0 Å². The average Bonchev–Trinajstić information content (AvgIpc) is 3.26. The van der Waals surface area contributed by atoms with Crippen LogP contribution in [0.1, 0.15) is 10.4 Å². The molecule has 0 bridgehead atoms. The number of para-hydroxylation sites is 1. The lowest BCUT2D eigenvalue weighted by Crippen LogP contribution is -2.27. The minimum atomic E-state index is 0.0203. The third kappa shape index (κ3) is 4.01. The van der Waals surface area contributed by atoms with Gasteiger partial charge in [-0.25, -0.2) is 4.98 Å². The highest BCUT2D eigenvalue weighted by molar-refractivity contribution is 7.14. The van der Waals surface area contributed by atoms with E-state index in [-0.39, 0.29) is 5.91 Å². The molecule has 4 nitrogen and oxygen atoms in total. The summed E-state index contributed by atoms with van der Waals surface area (Å²) in [6.07, 6.45) is 1.11. The number of hydrogen-bond donors (Lipinski definition) is 1. The number of methoxy groups -OCH3 is 1. The van der Waals surface area contributed by atoms with Gasteiger partial charge >= 0.3 is 0 Å². The first-order valence-electron chi connectivity index (χ1n) is 7.62. The minimum absolute atomic E-state index is 0.0203. The molecule has 0 spiro atoms. The number of amides is 1. The van der Waals surface area contributed by atoms with Gasteiger partial charge in [-0.2, -0.15) is 0 Å². The maximum absolute atomic E-state index is 12.2. The van der Waals surface area contributed by atoms with E-state index in [0.29, 0.717) is 13.0 Å². The molecule has 0 unspecified atom stereocenters. The van der Waals surface area contributed by atoms with Crippen LogP contribution in [0, 0.1) is 0 Å². The molecule has 0 fully saturated rings. The molecule has 24 heavy (non-hydrogen) atoms. The highest BCUT2D eigenvalue weighted by Crippen LogP contribution is 2.29. The summed E-state index contributed by atoms with van der Waals surface area (Å²) in [5.41, 5.74) is 3.82. The van der Waals surface area contributed by atoms with Crippen LogP contribution in [0.25, 0.3) is 10.6 Å². The van der Waals surface area contributed by atoms with Gasteiger partial charge in [0.05, 0.1) is 29.6 Å². The maximum atomic E-state index is 12.2. The van der Waals surface area contributed by atoms with Gasteiger partial charge in [-0.1, -0.05) is 24.3 Å². The standard InChI is InChI=1S/C18H18N2O2S2/c1-22-14-6-3-2-5-13(14)8-9-19-17(21)11-16-18(20-12-24-16)15-7-4-10-23-15/h2-7,10,12H,8-9,11H2,1H3,(H,19,21). The van der Waals surface area contributed by atoms with E-state index in [1.807, 2.05) is 41.8 Å². The van der Waals surface area contributed by atoms with Gasteiger partial charge in [0.25, 0.3) is 0 Å². The van der Waals surface area contributed by atoms with Crippen molar-refractivity contribution >= 4 is 28.6 Å². The number of hydrogen-bond acceptors (Lipinski definition) is 5. The maximum Gasteiger partial charge on any atom is 0.225 e. The summed E-state index contributed by atoms with van der Waals surface area (Å²) in [6.45, 7) is 0.590. The summed E-state index contributed by atoms with van der Waals surface area (Å²) >= 11 is 3.17. The Balaban J connectivity index is 1.54. The summed E-state index contributed by atoms with van der Waals surface area (Å²) in [4.78, 5) is 18.7. The van der Waals surface area contributed by atoms with Gasteiger partial charge in [0.1, 0.15) is 5.75 Å². The summed E-state index contributed by atoms with van der Waals surface area (Å²) in [7, 11) is 1.66. The number of carbonyl (C=O) groups excluding carboxylic acids is 1. The quantitative estimate of drug-likeness (QED) is 0.699. The summed E-state index contributed by atoms with van der Waals surface area (Å²) in [5, 5.41) is 5.00. The fraction of sp³-hybridized carbons (Fsp3) is 0.222. The van der Waals surface area contributed by atoms with E-state index in [9.17, 15) is 4.79 Å². The van der Waals surface area contributed by atoms with Crippen molar-refractivity contribution in [1.82, 2.24) is 10.3 Å². The van der Waals surface area contributed by atoms with Gasteiger partial charge in [0.2, 0.25) is 5.91 Å². The lowest BCUT2D eigenvalue weighted by molar-refractivity contribution is -0.120. The minimum Gasteiger partial charge on any atom is -0.496 e. The van der Waals surface area contributed by atoms with Gasteiger partial charge in [-0.3, -0.25) is 4.79 Å². The summed E-state index contributed by atoms with van der Waals surface area (Å²) in [5.74, 6) is 0.876. The first-order valence-corrected chi connectivity index (χ1v) is 9.38. The predicted molar refractivity (Wildman–Crippen MR) is 98.8 cm³/mol. The second-order valence-electron chi connectivity index (χ2n) is 5.19. The van der Waals surface area contributed by atoms with Crippen LogP contribution in [0.5, 0.6) is 5.75 Å². The van der Waals surface area contributed by atoms with Gasteiger partial charge in [-0.15, -0.1) is 22.7 Å². The summed E-state index contributed by atoms with van der Waals surface area (Å²) < 4.78 is 5.33. The van der Waals surface area contributed by atoms with Crippen molar-refractivity contribution in [3.8, 4) is 16.3 Å². The second-order valence-corrected chi connectivity index (χ2v) is 7.08. The van der Waals surface area contributed by atoms with Gasteiger partial charge in [-0.05, 0) is 29.5 Å². The van der Waals surface area contributed by atoms with Gasteiger partial charge < -0.3 is 10.1 Å². The number of rotatable bonds is 7. The molecule has 0 aliphatic heterocycles. The molecular weight excluding hydrogens is 340 g/mol. The number of ether oxygens (including phenoxy) is 1. The van der Waals surface area contributed by atoms with E-state index >= 15 is 0 Å². The number of thiazole rings is 1. The number of carbonyl (C=O) groups is 1. The van der Waals surface area contributed by atoms with Crippen LogP contribution in [-0.2, 0) is 17.6 Å². The topological polar surface area (TPSA) is 51.2 Å². The predicted octanol–water partition coefficient (Wildman–Crippen LogP) is 3.78. The van der Waals surface area contributed by atoms with E-state index < -0.39 is 0 Å². The molecule has 3 rings (SSSR count). The van der Waals surface area contributed by atoms with Crippen LogP contribution < -0.4 is 10.1 Å². The SMILES string of the molecule is COc1ccccc1CCNC(=O)Cc1scnc1-c1cccs1. The van der Waals surface area contributed by atoms with Crippen molar-refractivity contribution in [2.24, 2.45) is 0 Å². The van der Waals surface area contributed by atoms with E-state index in [2.05, 4.69) is 10.3 Å². The molecule has 0 aliphatic carbocycles. The average molecular weight is 358 g/mol. The Morgan fingerprint density at radius 2 is 2.08 bits per heavy atom. The summed E-state index contributed by atoms with van der Waals surface area (Å²) in [6, 6.07) is 11.9. The number of nitrogens with zero attached hydrogens (tertiary/aromatic N) is 1. The number of aromatic nitrogens is 1. The molecule has 0 saturated heterocycles. The zero-order valence-electron chi connectivity index (χ0n) is 13.3. The molecule has 6 heteroatoms. The van der Waals surface area contributed by atoms with Crippen LogP contribution in [0.2, 0.25) is 0 Å². The molecule has 1 N–H and O–H groups in total. The molecule has 1 aromatic carbocycles. The third-order valence-corrected chi connectivity index (χ3v) is 5.34. The molecular formula is C18H18N2O2S2. The monoisotopic (exact) mass is 358 g/mol. The van der Waals surface area contributed by atoms with Crippen molar-refractivity contribution in [3.63, 3.8) is 0 Å². The van der Waals surface area contributed by atoms with Crippen LogP contribution in [-0.4, -0.2) is 24.5 Å².